The molecule has 1 N–H and O–H groups in total. The highest BCUT2D eigenvalue weighted by Crippen LogP contribution is 2.33. The van der Waals surface area contributed by atoms with Gasteiger partial charge in [-0.1, -0.05) is 31.9 Å². The van der Waals surface area contributed by atoms with Crippen LogP contribution in [0.4, 0.5) is 5.00 Å². The molecule has 0 unspecified atom stereocenters. The molecule has 1 aromatic heterocycles. The molecule has 0 fully saturated rings. The molecule has 0 aliphatic carbocycles. The van der Waals surface area contributed by atoms with Crippen LogP contribution in [0.15, 0.2) is 29.8 Å². The fourth-order valence-electron chi connectivity index (χ4n) is 2.85. The zero-order chi connectivity index (χ0) is 22.8. The molecule has 1 amide bonds. The van der Waals surface area contributed by atoms with Crippen molar-refractivity contribution >= 4 is 34.3 Å². The van der Waals surface area contributed by atoms with Crippen LogP contribution in [0.2, 0.25) is 0 Å². The van der Waals surface area contributed by atoms with Crippen molar-refractivity contribution in [1.29, 1.82) is 5.26 Å². The summed E-state index contributed by atoms with van der Waals surface area (Å²) in [4.78, 5) is 25.9. The van der Waals surface area contributed by atoms with Crippen LogP contribution in [0.5, 0.6) is 5.75 Å². The van der Waals surface area contributed by atoms with Gasteiger partial charge in [-0.3, -0.25) is 4.79 Å². The molecule has 1 heterocycles. The number of unbranched alkanes of at least 4 members (excludes halogenated alkanes) is 2. The Balaban J connectivity index is 2.14. The molecule has 164 valence electrons. The number of carbonyl (C=O) groups excluding carboxylic acids is 2. The highest BCUT2D eigenvalue weighted by molar-refractivity contribution is 7.16. The van der Waals surface area contributed by atoms with Gasteiger partial charge in [-0.25, -0.2) is 4.79 Å². The molecular weight excluding hydrogens is 412 g/mol. The fraction of sp³-hybridized carbons (Fsp3) is 0.375. The predicted molar refractivity (Wildman–Crippen MR) is 123 cm³/mol. The maximum atomic E-state index is 12.7. The van der Waals surface area contributed by atoms with Crippen molar-refractivity contribution in [1.82, 2.24) is 0 Å². The first-order valence-corrected chi connectivity index (χ1v) is 11.2. The van der Waals surface area contributed by atoms with E-state index in [4.69, 9.17) is 9.47 Å². The third-order valence-electron chi connectivity index (χ3n) is 4.66. The smallest absolute Gasteiger partial charge is 0.341 e. The van der Waals surface area contributed by atoms with Crippen molar-refractivity contribution in [2.75, 3.05) is 18.5 Å². The lowest BCUT2D eigenvalue weighted by atomic mass is 10.1. The summed E-state index contributed by atoms with van der Waals surface area (Å²) in [5, 5.41) is 12.6. The number of thiophene rings is 1. The van der Waals surface area contributed by atoms with Gasteiger partial charge < -0.3 is 14.8 Å². The zero-order valence-electron chi connectivity index (χ0n) is 18.4. The number of benzene rings is 1. The van der Waals surface area contributed by atoms with Crippen LogP contribution in [0, 0.1) is 25.2 Å². The number of anilines is 1. The van der Waals surface area contributed by atoms with E-state index in [0.717, 1.165) is 35.5 Å². The average molecular weight is 441 g/mol. The number of amides is 1. The van der Waals surface area contributed by atoms with Crippen LogP contribution in [0.25, 0.3) is 6.08 Å². The molecule has 1 aromatic carbocycles. The predicted octanol–water partition coefficient (Wildman–Crippen LogP) is 5.66. The minimum Gasteiger partial charge on any atom is -0.494 e. The topological polar surface area (TPSA) is 88.4 Å². The maximum Gasteiger partial charge on any atom is 0.341 e. The second kappa shape index (κ2) is 11.9. The zero-order valence-corrected chi connectivity index (χ0v) is 19.2. The van der Waals surface area contributed by atoms with Crippen LogP contribution in [0.1, 0.15) is 59.5 Å². The van der Waals surface area contributed by atoms with Crippen LogP contribution >= 0.6 is 11.3 Å². The van der Waals surface area contributed by atoms with Crippen molar-refractivity contribution in [3.05, 3.63) is 51.4 Å². The summed E-state index contributed by atoms with van der Waals surface area (Å²) in [6.45, 7) is 8.44. The van der Waals surface area contributed by atoms with Crippen molar-refractivity contribution in [2.24, 2.45) is 0 Å². The van der Waals surface area contributed by atoms with Crippen molar-refractivity contribution in [3.8, 4) is 11.8 Å². The molecular formula is C24H28N2O4S. The van der Waals surface area contributed by atoms with Crippen LogP contribution < -0.4 is 10.1 Å². The molecule has 0 spiro atoms. The number of hydrogen-bond acceptors (Lipinski definition) is 6. The van der Waals surface area contributed by atoms with Crippen molar-refractivity contribution in [3.63, 3.8) is 0 Å². The first kappa shape index (κ1) is 24.2. The molecule has 0 saturated carbocycles. The first-order chi connectivity index (χ1) is 14.9. The van der Waals surface area contributed by atoms with E-state index >= 15 is 0 Å². The molecule has 0 radical (unpaired) electrons. The Labute approximate surface area is 187 Å². The molecule has 6 nitrogen and oxygen atoms in total. The SMILES string of the molecule is CCCCCOc1ccc(/C=C(\C#N)C(=O)Nc2sc(C)c(C)c2C(=O)OCC)cc1. The van der Waals surface area contributed by atoms with Gasteiger partial charge in [0.25, 0.3) is 5.91 Å². The monoisotopic (exact) mass is 440 g/mol. The van der Waals surface area contributed by atoms with Gasteiger partial charge in [0.05, 0.1) is 18.8 Å². The Morgan fingerprint density at radius 1 is 1.16 bits per heavy atom. The summed E-state index contributed by atoms with van der Waals surface area (Å²) in [6.07, 6.45) is 4.78. The molecule has 0 atom stereocenters. The Bertz CT molecular complexity index is 984. The molecule has 7 heteroatoms. The van der Waals surface area contributed by atoms with Crippen molar-refractivity contribution < 1.29 is 19.1 Å². The number of nitrogens with one attached hydrogen (secondary N) is 1. The number of esters is 1. The van der Waals surface area contributed by atoms with E-state index in [9.17, 15) is 14.9 Å². The standard InChI is InChI=1S/C24H28N2O4S/c1-5-7-8-13-30-20-11-9-18(10-12-20)14-19(15-25)22(27)26-23-21(24(28)29-6-2)16(3)17(4)31-23/h9-12,14H,5-8,13H2,1-4H3,(H,26,27)/b19-14+. The van der Waals surface area contributed by atoms with E-state index in [1.54, 1.807) is 26.0 Å². The van der Waals surface area contributed by atoms with Crippen LogP contribution in [0.3, 0.4) is 0 Å². The van der Waals surface area contributed by atoms with Crippen LogP contribution in [-0.2, 0) is 9.53 Å². The third-order valence-corrected chi connectivity index (χ3v) is 5.79. The first-order valence-electron chi connectivity index (χ1n) is 10.3. The number of rotatable bonds is 10. The summed E-state index contributed by atoms with van der Waals surface area (Å²) >= 11 is 1.28. The summed E-state index contributed by atoms with van der Waals surface area (Å²) in [5.41, 5.74) is 1.74. The number of nitrogens with zero attached hydrogens (tertiary/aromatic N) is 1. The van der Waals surface area contributed by atoms with E-state index in [1.165, 1.54) is 17.4 Å². The Morgan fingerprint density at radius 3 is 2.48 bits per heavy atom. The minimum atomic E-state index is -0.575. The number of aryl methyl sites for hydroxylation is 1. The maximum absolute atomic E-state index is 12.7. The van der Waals surface area contributed by atoms with E-state index in [-0.39, 0.29) is 12.2 Å². The second-order valence-electron chi connectivity index (χ2n) is 6.96. The quantitative estimate of drug-likeness (QED) is 0.223. The Morgan fingerprint density at radius 2 is 1.87 bits per heavy atom. The number of hydrogen-bond donors (Lipinski definition) is 1. The Kier molecular flexibility index (Phi) is 9.29. The van der Waals surface area contributed by atoms with E-state index in [2.05, 4.69) is 12.2 Å². The summed E-state index contributed by atoms with van der Waals surface area (Å²) in [6, 6.07) is 9.15. The van der Waals surface area contributed by atoms with Gasteiger partial charge in [0.15, 0.2) is 0 Å². The minimum absolute atomic E-state index is 0.0601. The van der Waals surface area contributed by atoms with Gasteiger partial charge in [0.2, 0.25) is 0 Å². The van der Waals surface area contributed by atoms with Gasteiger partial charge in [0.1, 0.15) is 22.4 Å². The molecule has 2 aromatic rings. The lowest BCUT2D eigenvalue weighted by Gasteiger charge is -2.07. The summed E-state index contributed by atoms with van der Waals surface area (Å²) in [7, 11) is 0. The highest BCUT2D eigenvalue weighted by atomic mass is 32.1. The van der Waals surface area contributed by atoms with Gasteiger partial charge in [-0.05, 0) is 56.5 Å². The normalized spacial score (nSPS) is 11.0. The van der Waals surface area contributed by atoms with Crippen LogP contribution in [-0.4, -0.2) is 25.1 Å². The lowest BCUT2D eigenvalue weighted by molar-refractivity contribution is -0.112. The van der Waals surface area contributed by atoms with Gasteiger partial charge in [-0.2, -0.15) is 5.26 Å². The molecule has 2 rings (SSSR count). The van der Waals surface area contributed by atoms with Gasteiger partial charge in [-0.15, -0.1) is 11.3 Å². The fourth-order valence-corrected chi connectivity index (χ4v) is 3.90. The highest BCUT2D eigenvalue weighted by Gasteiger charge is 2.23. The van der Waals surface area contributed by atoms with Gasteiger partial charge >= 0.3 is 5.97 Å². The summed E-state index contributed by atoms with van der Waals surface area (Å²) in [5.74, 6) is -0.314. The summed E-state index contributed by atoms with van der Waals surface area (Å²) < 4.78 is 10.8. The molecule has 0 bridgehead atoms. The Hall–Kier alpha value is -3.11. The molecule has 0 aliphatic rings. The van der Waals surface area contributed by atoms with E-state index < -0.39 is 11.9 Å². The lowest BCUT2D eigenvalue weighted by Crippen LogP contribution is -2.16. The van der Waals surface area contributed by atoms with Gasteiger partial charge in [0, 0.05) is 4.88 Å². The molecule has 0 saturated heterocycles. The third kappa shape index (κ3) is 6.69. The largest absolute Gasteiger partial charge is 0.494 e. The second-order valence-corrected chi connectivity index (χ2v) is 8.18. The number of ether oxygens (including phenoxy) is 2. The molecule has 31 heavy (non-hydrogen) atoms. The number of nitriles is 1. The van der Waals surface area contributed by atoms with E-state index in [0.29, 0.717) is 22.7 Å². The van der Waals surface area contributed by atoms with E-state index in [1.807, 2.05) is 25.1 Å². The average Bonchev–Trinajstić information content (AvgIpc) is 3.03. The number of carbonyl (C=O) groups is 2. The van der Waals surface area contributed by atoms with Crippen molar-refractivity contribution in [2.45, 2.75) is 47.0 Å². The molecule has 0 aliphatic heterocycles.